The number of nitrogens with one attached hydrogen (secondary N) is 2. The van der Waals surface area contributed by atoms with Crippen LogP contribution in [-0.4, -0.2) is 22.0 Å². The summed E-state index contributed by atoms with van der Waals surface area (Å²) in [4.78, 5) is 21.2. The van der Waals surface area contributed by atoms with Gasteiger partial charge >= 0.3 is 55.4 Å². The van der Waals surface area contributed by atoms with Crippen molar-refractivity contribution in [2.75, 3.05) is 0 Å². The average molecular weight is 584 g/mol. The zero-order chi connectivity index (χ0) is 20.5. The van der Waals surface area contributed by atoms with Crippen LogP contribution in [0.1, 0.15) is 13.8 Å². The Hall–Kier alpha value is -0.795. The number of allylic oxidation sites excluding steroid dienone is 12. The topological polar surface area (TPSA) is 98.7 Å². The fraction of sp³-hybridized carbons (Fsp3) is 0.125. The van der Waals surface area contributed by atoms with E-state index in [-0.39, 0.29) is 11.6 Å². The van der Waals surface area contributed by atoms with Crippen molar-refractivity contribution in [3.63, 3.8) is 0 Å². The standard InChI is InChI=1S/2C8H8NO2.2ClH.2Pd/c2*1-6(9-11)7-2-4-8(10)5-3-7;;;;/h2*2,4-5,9,11H,1H3;2*1H;;/q2*-1;;;2*+2/p-2/b2*7-6-;;;;. The molecule has 2 aliphatic carbocycles. The molecule has 26 heavy (non-hydrogen) atoms. The Morgan fingerprint density at radius 3 is 1.31 bits per heavy atom. The number of hydrogen-bond donors (Lipinski definition) is 4. The molecule has 0 unspecified atom stereocenters. The van der Waals surface area contributed by atoms with Crippen LogP contribution in [0.2, 0.25) is 0 Å². The molecule has 10 heteroatoms. The van der Waals surface area contributed by atoms with E-state index in [9.17, 15) is 9.59 Å². The van der Waals surface area contributed by atoms with Gasteiger partial charge in [0.25, 0.3) is 0 Å². The van der Waals surface area contributed by atoms with E-state index < -0.39 is 0 Å². The first-order chi connectivity index (χ1) is 12.5. The van der Waals surface area contributed by atoms with Crippen molar-refractivity contribution < 1.29 is 56.4 Å². The van der Waals surface area contributed by atoms with Crippen molar-refractivity contribution >= 4 is 30.6 Å². The molecule has 0 saturated carbocycles. The van der Waals surface area contributed by atoms with Crippen LogP contribution in [0, 0.1) is 12.2 Å². The van der Waals surface area contributed by atoms with E-state index in [0.717, 1.165) is 0 Å². The number of hydroxylamine groups is 2. The quantitative estimate of drug-likeness (QED) is 0.227. The number of ketones is 2. The second-order valence-corrected chi connectivity index (χ2v) is 4.35. The van der Waals surface area contributed by atoms with Crippen LogP contribution < -0.4 is 11.0 Å². The Morgan fingerprint density at radius 1 is 0.808 bits per heavy atom. The molecular formula is C16H16Cl2N2O4Pd2. The molecule has 0 aliphatic heterocycles. The second kappa shape index (κ2) is 17.6. The van der Waals surface area contributed by atoms with Crippen molar-refractivity contribution in [1.82, 2.24) is 11.0 Å². The molecule has 0 saturated heterocycles. The predicted molar refractivity (Wildman–Crippen MR) is 90.9 cm³/mol. The number of carbonyl (C=O) groups excluding carboxylic acids is 2. The summed E-state index contributed by atoms with van der Waals surface area (Å²) in [5.74, 6) is -0.168. The number of carbonyl (C=O) groups is 2. The van der Waals surface area contributed by atoms with E-state index in [1.807, 2.05) is 11.0 Å². The normalized spacial score (nSPS) is 17.8. The fourth-order valence-electron chi connectivity index (χ4n) is 1.41. The molecule has 0 heterocycles. The summed E-state index contributed by atoms with van der Waals surface area (Å²) in [5.41, 5.74) is 6.49. The Kier molecular flexibility index (Phi) is 18.6. The molecule has 0 radical (unpaired) electrons. The first kappa shape index (κ1) is 27.4. The van der Waals surface area contributed by atoms with Gasteiger partial charge in [-0.3, -0.25) is 0 Å². The van der Waals surface area contributed by atoms with E-state index in [1.54, 1.807) is 26.0 Å². The van der Waals surface area contributed by atoms with Crippen LogP contribution in [0.25, 0.3) is 0 Å². The van der Waals surface area contributed by atoms with Gasteiger partial charge in [-0.2, -0.15) is 0 Å². The summed E-state index contributed by atoms with van der Waals surface area (Å²) in [6.45, 7) is 3.38. The minimum atomic E-state index is -0.0838. The summed E-state index contributed by atoms with van der Waals surface area (Å²) in [6, 6.07) is 0. The van der Waals surface area contributed by atoms with E-state index in [0.29, 0.717) is 22.5 Å². The van der Waals surface area contributed by atoms with Crippen molar-refractivity contribution in [2.24, 2.45) is 0 Å². The average Bonchev–Trinajstić information content (AvgIpc) is 2.71. The zero-order valence-corrected chi connectivity index (χ0v) is 18.2. The molecule has 0 fully saturated rings. The summed E-state index contributed by atoms with van der Waals surface area (Å²) >= 11 is 4.44. The van der Waals surface area contributed by atoms with Gasteiger partial charge in [0.2, 0.25) is 0 Å². The maximum atomic E-state index is 10.6. The monoisotopic (exact) mass is 582 g/mol. The van der Waals surface area contributed by atoms with Crippen molar-refractivity contribution in [3.8, 4) is 0 Å². The molecule has 0 aromatic carbocycles. The summed E-state index contributed by atoms with van der Waals surface area (Å²) < 4.78 is 0. The van der Waals surface area contributed by atoms with Crippen molar-refractivity contribution in [1.29, 1.82) is 0 Å². The van der Waals surface area contributed by atoms with E-state index in [4.69, 9.17) is 10.4 Å². The molecule has 0 atom stereocenters. The van der Waals surface area contributed by atoms with Gasteiger partial charge < -0.3 is 31.0 Å². The fourth-order valence-corrected chi connectivity index (χ4v) is 1.41. The molecule has 0 amide bonds. The van der Waals surface area contributed by atoms with Crippen molar-refractivity contribution in [3.05, 3.63) is 71.1 Å². The molecule has 0 aromatic rings. The van der Waals surface area contributed by atoms with Gasteiger partial charge in [0.05, 0.1) is 11.6 Å². The van der Waals surface area contributed by atoms with Gasteiger partial charge in [-0.05, 0) is 11.4 Å². The van der Waals surface area contributed by atoms with Crippen LogP contribution in [0.3, 0.4) is 0 Å². The third-order valence-corrected chi connectivity index (χ3v) is 2.71. The van der Waals surface area contributed by atoms with Gasteiger partial charge in [0.15, 0.2) is 0 Å². The van der Waals surface area contributed by atoms with Gasteiger partial charge in [-0.25, -0.2) is 0 Å². The second-order valence-electron chi connectivity index (χ2n) is 4.35. The molecule has 148 valence electrons. The molecule has 2 aliphatic rings. The minimum absolute atomic E-state index is 0.0838. The molecule has 4 N–H and O–H groups in total. The summed E-state index contributed by atoms with van der Waals surface area (Å²) in [6.07, 6.45) is 14.1. The SMILES string of the molecule is C/C(NO)=C1/[C-]=CC(=O)C=C1.C/C(NO)=C1/[C-]=CC(=O)C=C1.[Cl][Pd+].[Cl][Pd+]. The Labute approximate surface area is 182 Å². The first-order valence-electron chi connectivity index (χ1n) is 6.57. The molecular weight excluding hydrogens is 568 g/mol. The summed E-state index contributed by atoms with van der Waals surface area (Å²) in [7, 11) is 8.98. The Morgan fingerprint density at radius 2 is 1.12 bits per heavy atom. The molecule has 0 bridgehead atoms. The molecule has 0 spiro atoms. The van der Waals surface area contributed by atoms with Crippen LogP contribution in [0.4, 0.5) is 0 Å². The van der Waals surface area contributed by atoms with Crippen LogP contribution >= 0.6 is 19.1 Å². The number of rotatable bonds is 2. The first-order valence-corrected chi connectivity index (χ1v) is 10.6. The van der Waals surface area contributed by atoms with Crippen LogP contribution in [0.15, 0.2) is 59.0 Å². The van der Waals surface area contributed by atoms with Crippen LogP contribution in [-0.2, 0) is 46.0 Å². The van der Waals surface area contributed by atoms with E-state index in [1.165, 1.54) is 24.3 Å². The van der Waals surface area contributed by atoms with Gasteiger partial charge in [0.1, 0.15) is 0 Å². The Bertz CT molecular complexity index is 563. The zero-order valence-electron chi connectivity index (χ0n) is 13.6. The van der Waals surface area contributed by atoms with E-state index >= 15 is 0 Å². The summed E-state index contributed by atoms with van der Waals surface area (Å²) in [5, 5.41) is 16.9. The van der Waals surface area contributed by atoms with Crippen LogP contribution in [0.5, 0.6) is 0 Å². The third kappa shape index (κ3) is 11.7. The van der Waals surface area contributed by atoms with Gasteiger partial charge in [-0.1, -0.05) is 26.0 Å². The van der Waals surface area contributed by atoms with Gasteiger partial charge in [-0.15, -0.1) is 47.6 Å². The third-order valence-electron chi connectivity index (χ3n) is 2.71. The number of halogens is 2. The van der Waals surface area contributed by atoms with Gasteiger partial charge in [0, 0.05) is 0 Å². The predicted octanol–water partition coefficient (Wildman–Crippen LogP) is 2.85. The number of hydrogen-bond acceptors (Lipinski definition) is 6. The van der Waals surface area contributed by atoms with E-state index in [2.05, 4.69) is 67.6 Å². The Balaban J connectivity index is 0. The maximum absolute atomic E-state index is 10.6. The molecule has 6 nitrogen and oxygen atoms in total. The molecule has 2 rings (SSSR count). The molecule has 0 aromatic heterocycles. The van der Waals surface area contributed by atoms with Crippen molar-refractivity contribution in [2.45, 2.75) is 13.8 Å².